The van der Waals surface area contributed by atoms with Gasteiger partial charge in [0.15, 0.2) is 0 Å². The van der Waals surface area contributed by atoms with Crippen LogP contribution in [0, 0.1) is 11.6 Å². The first-order valence-electron chi connectivity index (χ1n) is 7.41. The zero-order chi connectivity index (χ0) is 16.8. The van der Waals surface area contributed by atoms with Crippen molar-refractivity contribution in [1.82, 2.24) is 14.9 Å². The number of rotatable bonds is 7. The van der Waals surface area contributed by atoms with Gasteiger partial charge < -0.3 is 15.5 Å². The lowest BCUT2D eigenvalue weighted by Gasteiger charge is -2.19. The Balaban J connectivity index is 1.97. The van der Waals surface area contributed by atoms with Gasteiger partial charge in [0.05, 0.1) is 5.69 Å². The van der Waals surface area contributed by atoms with E-state index in [4.69, 9.17) is 0 Å². The molecule has 0 amide bonds. The molecule has 0 saturated heterocycles. The van der Waals surface area contributed by atoms with Crippen molar-refractivity contribution in [2.45, 2.75) is 19.4 Å². The number of hydrogen-bond acceptors (Lipinski definition) is 5. The van der Waals surface area contributed by atoms with Crippen LogP contribution < -0.4 is 10.6 Å². The van der Waals surface area contributed by atoms with Gasteiger partial charge in [-0.25, -0.2) is 13.8 Å². The fraction of sp³-hybridized carbons (Fsp3) is 0.375. The lowest BCUT2D eigenvalue weighted by molar-refractivity contribution is 0.304. The number of anilines is 3. The third kappa shape index (κ3) is 5.14. The van der Waals surface area contributed by atoms with Gasteiger partial charge in [0.1, 0.15) is 17.5 Å². The van der Waals surface area contributed by atoms with E-state index in [1.807, 2.05) is 14.1 Å². The molecule has 1 aromatic carbocycles. The van der Waals surface area contributed by atoms with E-state index in [-0.39, 0.29) is 11.6 Å². The van der Waals surface area contributed by atoms with Gasteiger partial charge in [-0.05, 0) is 45.6 Å². The summed E-state index contributed by atoms with van der Waals surface area (Å²) in [4.78, 5) is 10.4. The van der Waals surface area contributed by atoms with Crippen molar-refractivity contribution in [2.75, 3.05) is 31.3 Å². The smallest absolute Gasteiger partial charge is 0.229 e. The topological polar surface area (TPSA) is 53.1 Å². The molecule has 1 aromatic heterocycles. The summed E-state index contributed by atoms with van der Waals surface area (Å²) in [5, 5.41) is 5.95. The first-order chi connectivity index (χ1) is 11.0. The van der Waals surface area contributed by atoms with Gasteiger partial charge in [-0.3, -0.25) is 0 Å². The Morgan fingerprint density at radius 1 is 1.22 bits per heavy atom. The van der Waals surface area contributed by atoms with Crippen LogP contribution in [0.25, 0.3) is 0 Å². The molecule has 1 unspecified atom stereocenters. The highest BCUT2D eigenvalue weighted by Crippen LogP contribution is 2.19. The molecule has 1 atom stereocenters. The van der Waals surface area contributed by atoms with Gasteiger partial charge in [0.25, 0.3) is 0 Å². The van der Waals surface area contributed by atoms with E-state index >= 15 is 0 Å². The summed E-state index contributed by atoms with van der Waals surface area (Å²) in [6, 6.07) is 5.50. The number of halogens is 2. The van der Waals surface area contributed by atoms with Crippen LogP contribution >= 0.6 is 0 Å². The van der Waals surface area contributed by atoms with Crippen LogP contribution in [0.5, 0.6) is 0 Å². The van der Waals surface area contributed by atoms with E-state index in [2.05, 4.69) is 32.4 Å². The Morgan fingerprint density at radius 2 is 2.00 bits per heavy atom. The highest BCUT2D eigenvalue weighted by atomic mass is 19.1. The van der Waals surface area contributed by atoms with Crippen LogP contribution in [0.2, 0.25) is 0 Å². The van der Waals surface area contributed by atoms with Crippen molar-refractivity contribution < 1.29 is 8.78 Å². The molecule has 0 aliphatic carbocycles. The second kappa shape index (κ2) is 7.82. The minimum absolute atomic E-state index is 0.129. The molecule has 7 heteroatoms. The summed E-state index contributed by atoms with van der Waals surface area (Å²) in [5.41, 5.74) is 0.129. The lowest BCUT2D eigenvalue weighted by Crippen LogP contribution is -2.26. The Morgan fingerprint density at radius 3 is 2.70 bits per heavy atom. The average molecular weight is 321 g/mol. The zero-order valence-corrected chi connectivity index (χ0v) is 13.5. The molecule has 2 rings (SSSR count). The molecule has 2 N–H and O–H groups in total. The van der Waals surface area contributed by atoms with Crippen molar-refractivity contribution in [1.29, 1.82) is 0 Å². The first kappa shape index (κ1) is 17.1. The molecule has 23 heavy (non-hydrogen) atoms. The molecule has 0 bridgehead atoms. The predicted octanol–water partition coefficient (Wildman–Crippen LogP) is 3.25. The SMILES string of the molecule is CC(CCNc1ccnc(Nc2ccc(F)cc2F)n1)N(C)C. The predicted molar refractivity (Wildman–Crippen MR) is 87.9 cm³/mol. The third-order valence-corrected chi connectivity index (χ3v) is 3.58. The monoisotopic (exact) mass is 321 g/mol. The Kier molecular flexibility index (Phi) is 5.81. The molecule has 0 aliphatic heterocycles. The summed E-state index contributed by atoms with van der Waals surface area (Å²) in [6.45, 7) is 2.91. The minimum atomic E-state index is -0.688. The van der Waals surface area contributed by atoms with Crippen LogP contribution in [0.3, 0.4) is 0 Å². The Bertz CT molecular complexity index is 648. The van der Waals surface area contributed by atoms with Crippen molar-refractivity contribution in [2.24, 2.45) is 0 Å². The summed E-state index contributed by atoms with van der Waals surface area (Å²) < 4.78 is 26.5. The van der Waals surface area contributed by atoms with Gasteiger partial charge in [-0.2, -0.15) is 4.98 Å². The largest absolute Gasteiger partial charge is 0.370 e. The highest BCUT2D eigenvalue weighted by Gasteiger charge is 2.07. The summed E-state index contributed by atoms with van der Waals surface area (Å²) in [5.74, 6) is -0.414. The van der Waals surface area contributed by atoms with E-state index in [9.17, 15) is 8.78 Å². The summed E-state index contributed by atoms with van der Waals surface area (Å²) >= 11 is 0. The maximum Gasteiger partial charge on any atom is 0.229 e. The minimum Gasteiger partial charge on any atom is -0.370 e. The summed E-state index contributed by atoms with van der Waals surface area (Å²) in [7, 11) is 4.07. The van der Waals surface area contributed by atoms with Crippen molar-refractivity contribution in [3.05, 3.63) is 42.1 Å². The third-order valence-electron chi connectivity index (χ3n) is 3.58. The second-order valence-corrected chi connectivity index (χ2v) is 5.54. The fourth-order valence-corrected chi connectivity index (χ4v) is 1.90. The molecule has 0 radical (unpaired) electrons. The van der Waals surface area contributed by atoms with Gasteiger partial charge in [-0.15, -0.1) is 0 Å². The van der Waals surface area contributed by atoms with E-state index in [0.717, 1.165) is 19.0 Å². The molecular weight excluding hydrogens is 300 g/mol. The second-order valence-electron chi connectivity index (χ2n) is 5.54. The number of nitrogens with one attached hydrogen (secondary N) is 2. The van der Waals surface area contributed by atoms with Gasteiger partial charge in [0.2, 0.25) is 5.95 Å². The van der Waals surface area contributed by atoms with Gasteiger partial charge >= 0.3 is 0 Å². The van der Waals surface area contributed by atoms with Crippen molar-refractivity contribution >= 4 is 17.5 Å². The maximum absolute atomic E-state index is 13.6. The highest BCUT2D eigenvalue weighted by molar-refractivity contribution is 5.55. The first-order valence-corrected chi connectivity index (χ1v) is 7.41. The number of hydrogen-bond donors (Lipinski definition) is 2. The fourth-order valence-electron chi connectivity index (χ4n) is 1.90. The number of nitrogens with zero attached hydrogens (tertiary/aromatic N) is 3. The van der Waals surface area contributed by atoms with Crippen LogP contribution in [0.4, 0.5) is 26.2 Å². The molecule has 0 spiro atoms. The number of aromatic nitrogens is 2. The quantitative estimate of drug-likeness (QED) is 0.820. The Hall–Kier alpha value is -2.28. The maximum atomic E-state index is 13.6. The van der Waals surface area contributed by atoms with E-state index in [0.29, 0.717) is 11.9 Å². The van der Waals surface area contributed by atoms with E-state index in [1.165, 1.54) is 12.1 Å². The normalized spacial score (nSPS) is 12.3. The van der Waals surface area contributed by atoms with Crippen LogP contribution in [-0.2, 0) is 0 Å². The van der Waals surface area contributed by atoms with Crippen molar-refractivity contribution in [3.63, 3.8) is 0 Å². The van der Waals surface area contributed by atoms with Crippen LogP contribution in [0.15, 0.2) is 30.5 Å². The molecule has 5 nitrogen and oxygen atoms in total. The standard InChI is InChI=1S/C16H21F2N5/c1-11(23(2)3)6-8-19-15-7-9-20-16(22-15)21-14-5-4-12(17)10-13(14)18/h4-5,7,9-11H,6,8H2,1-3H3,(H2,19,20,21,22). The Labute approximate surface area is 134 Å². The molecule has 124 valence electrons. The summed E-state index contributed by atoms with van der Waals surface area (Å²) in [6.07, 6.45) is 2.54. The molecule has 0 saturated carbocycles. The number of benzene rings is 1. The van der Waals surface area contributed by atoms with Gasteiger partial charge in [0, 0.05) is 24.8 Å². The molecule has 2 aromatic rings. The van der Waals surface area contributed by atoms with Crippen LogP contribution in [-0.4, -0.2) is 41.5 Å². The molecular formula is C16H21F2N5. The van der Waals surface area contributed by atoms with E-state index in [1.54, 1.807) is 12.3 Å². The molecule has 0 aliphatic rings. The molecule has 0 fully saturated rings. The van der Waals surface area contributed by atoms with Gasteiger partial charge in [-0.1, -0.05) is 0 Å². The molecule has 1 heterocycles. The lowest BCUT2D eigenvalue weighted by atomic mass is 10.2. The van der Waals surface area contributed by atoms with Crippen LogP contribution in [0.1, 0.15) is 13.3 Å². The van der Waals surface area contributed by atoms with Crippen molar-refractivity contribution in [3.8, 4) is 0 Å². The zero-order valence-electron chi connectivity index (χ0n) is 13.5. The van der Waals surface area contributed by atoms with E-state index < -0.39 is 11.6 Å². The average Bonchev–Trinajstić information content (AvgIpc) is 2.50.